The van der Waals surface area contributed by atoms with E-state index in [0.29, 0.717) is 19.1 Å². The summed E-state index contributed by atoms with van der Waals surface area (Å²) in [5.41, 5.74) is 0. The van der Waals surface area contributed by atoms with E-state index in [1.807, 2.05) is 19.2 Å². The van der Waals surface area contributed by atoms with Gasteiger partial charge in [-0.15, -0.1) is 0 Å². The third-order valence-corrected chi connectivity index (χ3v) is 3.60. The fraction of sp³-hybridized carbons (Fsp3) is 0.643. The molecule has 2 N–H and O–H groups in total. The van der Waals surface area contributed by atoms with Crippen LogP contribution in [0.25, 0.3) is 0 Å². The van der Waals surface area contributed by atoms with Gasteiger partial charge in [-0.05, 0) is 45.1 Å². The fourth-order valence-electron chi connectivity index (χ4n) is 2.44. The van der Waals surface area contributed by atoms with Crippen LogP contribution >= 0.6 is 0 Å². The summed E-state index contributed by atoms with van der Waals surface area (Å²) in [6.07, 6.45) is 4.64. The molecule has 0 aromatic carbocycles. The normalized spacial score (nSPS) is 16.7. The zero-order chi connectivity index (χ0) is 13.5. The van der Waals surface area contributed by atoms with Gasteiger partial charge in [0.1, 0.15) is 5.76 Å². The molecule has 1 amide bonds. The lowest BCUT2D eigenvalue weighted by Crippen LogP contribution is -2.45. The number of hydrogen-bond donors (Lipinski definition) is 2. The van der Waals surface area contributed by atoms with Crippen LogP contribution in [0.4, 0.5) is 0 Å². The minimum Gasteiger partial charge on any atom is -0.469 e. The maximum atomic E-state index is 11.8. The second-order valence-electron chi connectivity index (χ2n) is 5.08. The Balaban J connectivity index is 1.63. The third kappa shape index (κ3) is 4.69. The van der Waals surface area contributed by atoms with E-state index in [0.717, 1.165) is 38.1 Å². The van der Waals surface area contributed by atoms with Gasteiger partial charge >= 0.3 is 0 Å². The van der Waals surface area contributed by atoms with E-state index in [4.69, 9.17) is 4.42 Å². The second-order valence-corrected chi connectivity index (χ2v) is 5.08. The molecule has 1 aliphatic heterocycles. The monoisotopic (exact) mass is 265 g/mol. The van der Waals surface area contributed by atoms with Crippen molar-refractivity contribution in [1.82, 2.24) is 15.5 Å². The highest BCUT2D eigenvalue weighted by molar-refractivity contribution is 5.78. The molecule has 1 saturated heterocycles. The Bertz CT molecular complexity index is 372. The first-order chi connectivity index (χ1) is 9.25. The summed E-state index contributed by atoms with van der Waals surface area (Å²) in [5.74, 6) is 1.000. The summed E-state index contributed by atoms with van der Waals surface area (Å²) in [7, 11) is 2.03. The van der Waals surface area contributed by atoms with Gasteiger partial charge in [-0.3, -0.25) is 9.69 Å². The lowest BCUT2D eigenvalue weighted by atomic mass is 10.1. The molecule has 5 heteroatoms. The highest BCUT2D eigenvalue weighted by Gasteiger charge is 2.19. The van der Waals surface area contributed by atoms with Crippen molar-refractivity contribution >= 4 is 5.91 Å². The van der Waals surface area contributed by atoms with Crippen LogP contribution in [-0.4, -0.2) is 50.1 Å². The van der Waals surface area contributed by atoms with Crippen LogP contribution in [0.3, 0.4) is 0 Å². The molecule has 19 heavy (non-hydrogen) atoms. The van der Waals surface area contributed by atoms with Crippen LogP contribution in [0.5, 0.6) is 0 Å². The molecule has 1 aromatic rings. The number of hydrogen-bond acceptors (Lipinski definition) is 4. The molecule has 0 unspecified atom stereocenters. The first-order valence-corrected chi connectivity index (χ1v) is 6.96. The predicted molar refractivity (Wildman–Crippen MR) is 73.9 cm³/mol. The van der Waals surface area contributed by atoms with Crippen LogP contribution in [0.15, 0.2) is 22.8 Å². The Labute approximate surface area is 114 Å². The largest absolute Gasteiger partial charge is 0.469 e. The zero-order valence-electron chi connectivity index (χ0n) is 11.5. The van der Waals surface area contributed by atoms with E-state index in [9.17, 15) is 4.79 Å². The van der Waals surface area contributed by atoms with Gasteiger partial charge in [0, 0.05) is 19.0 Å². The van der Waals surface area contributed by atoms with Gasteiger partial charge < -0.3 is 15.1 Å². The van der Waals surface area contributed by atoms with Gasteiger partial charge in [-0.2, -0.15) is 0 Å². The predicted octanol–water partition coefficient (Wildman–Crippen LogP) is 0.622. The van der Waals surface area contributed by atoms with Crippen LogP contribution in [0, 0.1) is 0 Å². The van der Waals surface area contributed by atoms with E-state index in [1.165, 1.54) is 0 Å². The topological polar surface area (TPSA) is 57.5 Å². The van der Waals surface area contributed by atoms with Crippen molar-refractivity contribution in [3.63, 3.8) is 0 Å². The minimum atomic E-state index is 0.0904. The zero-order valence-corrected chi connectivity index (χ0v) is 11.5. The van der Waals surface area contributed by atoms with E-state index < -0.39 is 0 Å². The number of nitrogens with one attached hydrogen (secondary N) is 2. The summed E-state index contributed by atoms with van der Waals surface area (Å²) in [6.45, 7) is 3.21. The number of nitrogens with zero attached hydrogens (tertiary/aromatic N) is 1. The molecular formula is C14H23N3O2. The quantitative estimate of drug-likeness (QED) is 0.792. The Morgan fingerprint density at radius 2 is 2.32 bits per heavy atom. The molecule has 1 aliphatic rings. The van der Waals surface area contributed by atoms with Crippen molar-refractivity contribution in [2.45, 2.75) is 25.3 Å². The van der Waals surface area contributed by atoms with Gasteiger partial charge in [-0.25, -0.2) is 0 Å². The average Bonchev–Trinajstić information content (AvgIpc) is 2.93. The van der Waals surface area contributed by atoms with E-state index in [1.54, 1.807) is 6.26 Å². The van der Waals surface area contributed by atoms with Gasteiger partial charge in [0.15, 0.2) is 0 Å². The molecule has 0 aliphatic carbocycles. The molecule has 0 spiro atoms. The van der Waals surface area contributed by atoms with Gasteiger partial charge in [0.25, 0.3) is 0 Å². The molecular weight excluding hydrogens is 242 g/mol. The van der Waals surface area contributed by atoms with Crippen molar-refractivity contribution in [3.8, 4) is 0 Å². The molecule has 1 fully saturated rings. The van der Waals surface area contributed by atoms with Gasteiger partial charge in [0.05, 0.1) is 12.8 Å². The van der Waals surface area contributed by atoms with Crippen LogP contribution < -0.4 is 10.6 Å². The number of carbonyl (C=O) groups is 1. The third-order valence-electron chi connectivity index (χ3n) is 3.60. The molecule has 106 valence electrons. The highest BCUT2D eigenvalue weighted by atomic mass is 16.3. The number of piperidine rings is 1. The Hall–Kier alpha value is -1.33. The number of carbonyl (C=O) groups excluding carboxylic acids is 1. The summed E-state index contributed by atoms with van der Waals surface area (Å²) >= 11 is 0. The molecule has 0 radical (unpaired) electrons. The lowest BCUT2D eigenvalue weighted by molar-refractivity contribution is -0.122. The summed E-state index contributed by atoms with van der Waals surface area (Å²) in [6, 6.07) is 4.31. The smallest absolute Gasteiger partial charge is 0.234 e. The molecule has 0 saturated carbocycles. The number of amides is 1. The van der Waals surface area contributed by atoms with E-state index >= 15 is 0 Å². The maximum absolute atomic E-state index is 11.8. The number of furan rings is 1. The summed E-state index contributed by atoms with van der Waals surface area (Å²) < 4.78 is 5.22. The van der Waals surface area contributed by atoms with Crippen molar-refractivity contribution in [2.75, 3.05) is 33.2 Å². The number of rotatable bonds is 6. The average molecular weight is 265 g/mol. The Morgan fingerprint density at radius 1 is 1.53 bits per heavy atom. The van der Waals surface area contributed by atoms with E-state index in [2.05, 4.69) is 15.5 Å². The standard InChI is InChI=1S/C14H23N3O2/c1-17(12-4-7-15-8-5-12)11-14(18)16-9-6-13-3-2-10-19-13/h2-3,10,12,15H,4-9,11H2,1H3,(H,16,18). The SMILES string of the molecule is CN(CC(=O)NCCc1ccco1)C1CCNCC1. The van der Waals surface area contributed by atoms with Crippen LogP contribution in [-0.2, 0) is 11.2 Å². The summed E-state index contributed by atoms with van der Waals surface area (Å²) in [5, 5.41) is 6.27. The lowest BCUT2D eigenvalue weighted by Gasteiger charge is -2.31. The molecule has 2 heterocycles. The molecule has 1 aromatic heterocycles. The van der Waals surface area contributed by atoms with Crippen molar-refractivity contribution in [3.05, 3.63) is 24.2 Å². The van der Waals surface area contributed by atoms with Crippen molar-refractivity contribution in [2.24, 2.45) is 0 Å². The molecule has 0 bridgehead atoms. The highest BCUT2D eigenvalue weighted by Crippen LogP contribution is 2.09. The van der Waals surface area contributed by atoms with Crippen molar-refractivity contribution < 1.29 is 9.21 Å². The minimum absolute atomic E-state index is 0.0904. The number of likely N-dealkylation sites (N-methyl/N-ethyl adjacent to an activating group) is 1. The molecule has 5 nitrogen and oxygen atoms in total. The Kier molecular flexibility index (Phi) is 5.42. The van der Waals surface area contributed by atoms with Gasteiger partial charge in [0.2, 0.25) is 5.91 Å². The van der Waals surface area contributed by atoms with Crippen molar-refractivity contribution in [1.29, 1.82) is 0 Å². The van der Waals surface area contributed by atoms with Crippen LogP contribution in [0.1, 0.15) is 18.6 Å². The fourth-order valence-corrected chi connectivity index (χ4v) is 2.44. The van der Waals surface area contributed by atoms with E-state index in [-0.39, 0.29) is 5.91 Å². The first kappa shape index (κ1) is 14.1. The molecule has 0 atom stereocenters. The van der Waals surface area contributed by atoms with Gasteiger partial charge in [-0.1, -0.05) is 0 Å². The maximum Gasteiger partial charge on any atom is 0.234 e. The Morgan fingerprint density at radius 3 is 3.00 bits per heavy atom. The van der Waals surface area contributed by atoms with Crippen LogP contribution in [0.2, 0.25) is 0 Å². The first-order valence-electron chi connectivity index (χ1n) is 6.96. The second kappa shape index (κ2) is 7.31. The molecule has 2 rings (SSSR count). The summed E-state index contributed by atoms with van der Waals surface area (Å²) in [4.78, 5) is 14.0.